The van der Waals surface area contributed by atoms with Crippen LogP contribution in [0.4, 0.5) is 5.69 Å². The summed E-state index contributed by atoms with van der Waals surface area (Å²) in [6.45, 7) is -0.244. The average molecular weight is 253 g/mol. The van der Waals surface area contributed by atoms with Gasteiger partial charge in [-0.25, -0.2) is 4.90 Å². The van der Waals surface area contributed by atoms with Crippen molar-refractivity contribution < 1.29 is 14.6 Å². The van der Waals surface area contributed by atoms with Gasteiger partial charge in [0.2, 0.25) is 6.61 Å². The van der Waals surface area contributed by atoms with E-state index >= 15 is 0 Å². The van der Waals surface area contributed by atoms with Gasteiger partial charge in [0, 0.05) is 5.69 Å². The van der Waals surface area contributed by atoms with Crippen LogP contribution in [-0.4, -0.2) is 35.4 Å². The fourth-order valence-electron chi connectivity index (χ4n) is 1.93. The Morgan fingerprint density at radius 1 is 1.17 bits per heavy atom. The van der Waals surface area contributed by atoms with Crippen LogP contribution < -0.4 is 4.90 Å². The molecule has 1 saturated heterocycles. The van der Waals surface area contributed by atoms with Crippen molar-refractivity contribution in [3.8, 4) is 0 Å². The minimum atomic E-state index is -2.44. The maximum Gasteiger partial charge on any atom is 0.567 e. The van der Waals surface area contributed by atoms with Gasteiger partial charge in [0.1, 0.15) is 9.85 Å². The SMILES string of the molecule is O=[N+]([O-])C1([N+](=O)[O-])COCCN1c1ccccc1. The molecule has 0 unspecified atom stereocenters. The molecule has 1 fully saturated rings. The van der Waals surface area contributed by atoms with E-state index in [-0.39, 0.29) is 13.2 Å². The van der Waals surface area contributed by atoms with Crippen LogP contribution in [0.15, 0.2) is 30.3 Å². The molecule has 8 nitrogen and oxygen atoms in total. The zero-order valence-corrected chi connectivity index (χ0v) is 9.39. The standard InChI is InChI=1S/C10H11N3O5/c14-12(15)10(13(16)17)8-18-7-6-11(10)9-4-2-1-3-5-9/h1-5H,6-8H2. The number of morpholine rings is 1. The molecule has 1 aliphatic heterocycles. The van der Waals surface area contributed by atoms with Gasteiger partial charge in [0.25, 0.3) is 0 Å². The topological polar surface area (TPSA) is 98.8 Å². The third-order valence-electron chi connectivity index (χ3n) is 2.84. The van der Waals surface area contributed by atoms with Gasteiger partial charge in [-0.1, -0.05) is 18.2 Å². The maximum absolute atomic E-state index is 11.1. The minimum Gasteiger partial charge on any atom is -0.363 e. The van der Waals surface area contributed by atoms with Gasteiger partial charge in [-0.2, -0.15) is 0 Å². The lowest BCUT2D eigenvalue weighted by atomic mass is 10.2. The van der Waals surface area contributed by atoms with E-state index in [1.807, 2.05) is 0 Å². The van der Waals surface area contributed by atoms with E-state index in [1.54, 1.807) is 30.3 Å². The summed E-state index contributed by atoms with van der Waals surface area (Å²) in [5.74, 6) is -2.44. The Kier molecular flexibility index (Phi) is 3.11. The van der Waals surface area contributed by atoms with E-state index < -0.39 is 22.2 Å². The number of nitro groups is 2. The van der Waals surface area contributed by atoms with Gasteiger partial charge in [0.15, 0.2) is 0 Å². The summed E-state index contributed by atoms with van der Waals surface area (Å²) in [4.78, 5) is 21.6. The van der Waals surface area contributed by atoms with Crippen molar-refractivity contribution in [3.05, 3.63) is 50.6 Å². The molecule has 1 aromatic rings. The van der Waals surface area contributed by atoms with Crippen molar-refractivity contribution in [2.24, 2.45) is 0 Å². The maximum atomic E-state index is 11.1. The van der Waals surface area contributed by atoms with E-state index in [1.165, 1.54) is 0 Å². The van der Waals surface area contributed by atoms with Gasteiger partial charge < -0.3 is 4.74 Å². The molecule has 0 amide bonds. The lowest BCUT2D eigenvalue weighted by molar-refractivity contribution is -0.799. The Labute approximate surface area is 102 Å². The minimum absolute atomic E-state index is 0.103. The molecular formula is C10H11N3O5. The second-order valence-electron chi connectivity index (χ2n) is 3.83. The van der Waals surface area contributed by atoms with E-state index in [9.17, 15) is 20.2 Å². The van der Waals surface area contributed by atoms with Gasteiger partial charge in [-0.3, -0.25) is 20.2 Å². The molecule has 1 aliphatic rings. The van der Waals surface area contributed by atoms with Gasteiger partial charge in [0.05, 0.1) is 13.2 Å². The highest BCUT2D eigenvalue weighted by Gasteiger charge is 2.64. The predicted octanol–water partition coefficient (Wildman–Crippen LogP) is 0.730. The molecule has 96 valence electrons. The first kappa shape index (κ1) is 12.2. The number of rotatable bonds is 3. The van der Waals surface area contributed by atoms with Crippen LogP contribution >= 0.6 is 0 Å². The normalized spacial score (nSPS) is 18.3. The van der Waals surface area contributed by atoms with Crippen LogP contribution in [0.5, 0.6) is 0 Å². The summed E-state index contributed by atoms with van der Waals surface area (Å²) < 4.78 is 4.93. The first-order chi connectivity index (χ1) is 8.59. The quantitative estimate of drug-likeness (QED) is 0.447. The third kappa shape index (κ3) is 1.76. The second kappa shape index (κ2) is 4.57. The van der Waals surface area contributed by atoms with Gasteiger partial charge in [-0.15, -0.1) is 0 Å². The molecule has 18 heavy (non-hydrogen) atoms. The van der Waals surface area contributed by atoms with Gasteiger partial charge in [-0.05, 0) is 12.1 Å². The fraction of sp³-hybridized carbons (Fsp3) is 0.400. The van der Waals surface area contributed by atoms with E-state index in [0.29, 0.717) is 5.69 Å². The molecule has 2 rings (SSSR count). The Morgan fingerprint density at radius 3 is 2.33 bits per heavy atom. The largest absolute Gasteiger partial charge is 0.567 e. The van der Waals surface area contributed by atoms with Crippen molar-refractivity contribution in [2.75, 3.05) is 24.7 Å². The average Bonchev–Trinajstić information content (AvgIpc) is 2.39. The molecule has 0 aliphatic carbocycles. The molecule has 0 saturated carbocycles. The van der Waals surface area contributed by atoms with Crippen molar-refractivity contribution in [1.29, 1.82) is 0 Å². The monoisotopic (exact) mass is 253 g/mol. The molecule has 1 heterocycles. The van der Waals surface area contributed by atoms with E-state index in [4.69, 9.17) is 4.74 Å². The van der Waals surface area contributed by atoms with Crippen LogP contribution in [0.25, 0.3) is 0 Å². The number of ether oxygens (including phenoxy) is 1. The smallest absolute Gasteiger partial charge is 0.363 e. The van der Waals surface area contributed by atoms with Crippen LogP contribution in [-0.2, 0) is 4.74 Å². The van der Waals surface area contributed by atoms with Crippen LogP contribution in [0, 0.1) is 20.2 Å². The zero-order valence-electron chi connectivity index (χ0n) is 9.39. The highest BCUT2D eigenvalue weighted by molar-refractivity contribution is 5.47. The number of hydrogen-bond acceptors (Lipinski definition) is 6. The first-order valence-corrected chi connectivity index (χ1v) is 5.28. The van der Waals surface area contributed by atoms with Crippen LogP contribution in [0.1, 0.15) is 0 Å². The molecule has 1 aromatic carbocycles. The van der Waals surface area contributed by atoms with Crippen LogP contribution in [0.2, 0.25) is 0 Å². The number of benzene rings is 1. The van der Waals surface area contributed by atoms with Crippen molar-refractivity contribution in [2.45, 2.75) is 5.79 Å². The molecule has 8 heteroatoms. The summed E-state index contributed by atoms with van der Waals surface area (Å²) in [5, 5.41) is 22.3. The fourth-order valence-corrected chi connectivity index (χ4v) is 1.93. The summed E-state index contributed by atoms with van der Waals surface area (Å²) >= 11 is 0. The highest BCUT2D eigenvalue weighted by atomic mass is 16.7. The molecule has 0 radical (unpaired) electrons. The van der Waals surface area contributed by atoms with Gasteiger partial charge >= 0.3 is 5.79 Å². The lowest BCUT2D eigenvalue weighted by Gasteiger charge is -2.33. The summed E-state index contributed by atoms with van der Waals surface area (Å²) in [7, 11) is 0. The van der Waals surface area contributed by atoms with Crippen molar-refractivity contribution in [1.82, 2.24) is 0 Å². The molecule has 0 spiro atoms. The number of anilines is 1. The Bertz CT molecular complexity index is 450. The zero-order chi connectivity index (χ0) is 13.2. The number of nitrogens with zero attached hydrogens (tertiary/aromatic N) is 3. The predicted molar refractivity (Wildman–Crippen MR) is 61.3 cm³/mol. The Hall–Kier alpha value is -2.22. The van der Waals surface area contributed by atoms with E-state index in [0.717, 1.165) is 4.90 Å². The summed E-state index contributed by atoms with van der Waals surface area (Å²) in [6, 6.07) is 8.30. The van der Waals surface area contributed by atoms with Crippen molar-refractivity contribution in [3.63, 3.8) is 0 Å². The Balaban J connectivity index is 2.48. The second-order valence-corrected chi connectivity index (χ2v) is 3.83. The molecule has 0 aromatic heterocycles. The lowest BCUT2D eigenvalue weighted by Crippen LogP contribution is -2.66. The Morgan fingerprint density at radius 2 is 1.78 bits per heavy atom. The number of para-hydroxylation sites is 1. The molecular weight excluding hydrogens is 242 g/mol. The van der Waals surface area contributed by atoms with Crippen molar-refractivity contribution >= 4 is 5.69 Å². The molecule has 0 atom stereocenters. The number of hydrogen-bond donors (Lipinski definition) is 0. The summed E-state index contributed by atoms with van der Waals surface area (Å²) in [5.41, 5.74) is 0.439. The third-order valence-corrected chi connectivity index (χ3v) is 2.84. The van der Waals surface area contributed by atoms with E-state index in [2.05, 4.69) is 0 Å². The molecule has 0 bridgehead atoms. The molecule has 0 N–H and O–H groups in total. The van der Waals surface area contributed by atoms with Crippen LogP contribution in [0.3, 0.4) is 0 Å². The highest BCUT2D eigenvalue weighted by Crippen LogP contribution is 2.28. The first-order valence-electron chi connectivity index (χ1n) is 5.28. The summed E-state index contributed by atoms with van der Waals surface area (Å²) in [6.07, 6.45) is 0.